The topological polar surface area (TPSA) is 46.3 Å². The molecule has 0 unspecified atom stereocenters. The summed E-state index contributed by atoms with van der Waals surface area (Å²) in [6.45, 7) is -0.0726. The van der Waals surface area contributed by atoms with Gasteiger partial charge < -0.3 is 10.6 Å². The summed E-state index contributed by atoms with van der Waals surface area (Å²) < 4.78 is 28.1. The molecule has 25 heavy (non-hydrogen) atoms. The minimum atomic E-state index is -0.627. The van der Waals surface area contributed by atoms with E-state index < -0.39 is 11.6 Å². The van der Waals surface area contributed by atoms with Gasteiger partial charge in [0, 0.05) is 22.9 Å². The molecular formula is C19H21ClF2N2O. The summed E-state index contributed by atoms with van der Waals surface area (Å²) >= 11 is 0. The largest absolute Gasteiger partial charge is 0.399 e. The summed E-state index contributed by atoms with van der Waals surface area (Å²) in [5, 5.41) is 0. The third-order valence-electron chi connectivity index (χ3n) is 4.55. The fraction of sp³-hybridized carbons (Fsp3) is 0.316. The van der Waals surface area contributed by atoms with E-state index in [0.717, 1.165) is 25.7 Å². The van der Waals surface area contributed by atoms with Gasteiger partial charge in [-0.2, -0.15) is 0 Å². The summed E-state index contributed by atoms with van der Waals surface area (Å²) in [5.74, 6) is -1.49. The summed E-state index contributed by atoms with van der Waals surface area (Å²) in [6.07, 6.45) is 3.74. The van der Waals surface area contributed by atoms with Gasteiger partial charge >= 0.3 is 0 Å². The van der Waals surface area contributed by atoms with E-state index in [1.165, 1.54) is 18.2 Å². The summed E-state index contributed by atoms with van der Waals surface area (Å²) in [7, 11) is 0. The highest BCUT2D eigenvalue weighted by atomic mass is 35.5. The predicted molar refractivity (Wildman–Crippen MR) is 96.6 cm³/mol. The van der Waals surface area contributed by atoms with Crippen LogP contribution < -0.4 is 5.73 Å². The number of rotatable bonds is 4. The first-order valence-corrected chi connectivity index (χ1v) is 8.15. The lowest BCUT2D eigenvalue weighted by molar-refractivity contribution is 0.0660. The second kappa shape index (κ2) is 8.30. The number of nitrogens with zero attached hydrogens (tertiary/aromatic N) is 1. The molecule has 0 saturated heterocycles. The number of nitrogens with two attached hydrogens (primary N) is 1. The number of hydrogen-bond donors (Lipinski definition) is 1. The van der Waals surface area contributed by atoms with Crippen molar-refractivity contribution in [3.8, 4) is 0 Å². The highest BCUT2D eigenvalue weighted by Gasteiger charge is 2.29. The van der Waals surface area contributed by atoms with Crippen LogP contribution in [0.4, 0.5) is 14.5 Å². The molecule has 2 N–H and O–H groups in total. The second-order valence-corrected chi connectivity index (χ2v) is 6.20. The molecular weight excluding hydrogens is 346 g/mol. The Bertz CT molecular complexity index is 728. The number of anilines is 1. The normalized spacial score (nSPS) is 14.2. The Labute approximate surface area is 152 Å². The van der Waals surface area contributed by atoms with Crippen LogP contribution in [0, 0.1) is 11.6 Å². The third-order valence-corrected chi connectivity index (χ3v) is 4.55. The van der Waals surface area contributed by atoms with Crippen LogP contribution in [-0.4, -0.2) is 16.8 Å². The van der Waals surface area contributed by atoms with Crippen LogP contribution in [0.1, 0.15) is 41.6 Å². The zero-order valence-corrected chi connectivity index (χ0v) is 14.6. The third kappa shape index (κ3) is 4.28. The van der Waals surface area contributed by atoms with E-state index in [0.29, 0.717) is 11.3 Å². The first-order chi connectivity index (χ1) is 11.6. The van der Waals surface area contributed by atoms with Gasteiger partial charge in [0.2, 0.25) is 0 Å². The zero-order valence-electron chi connectivity index (χ0n) is 13.8. The van der Waals surface area contributed by atoms with Gasteiger partial charge in [0.25, 0.3) is 5.91 Å². The lowest BCUT2D eigenvalue weighted by Gasteiger charge is -2.29. The molecule has 1 aliphatic carbocycles. The van der Waals surface area contributed by atoms with Crippen molar-refractivity contribution in [2.45, 2.75) is 38.3 Å². The van der Waals surface area contributed by atoms with Gasteiger partial charge in [0.15, 0.2) is 0 Å². The average molecular weight is 367 g/mol. The number of hydrogen-bond acceptors (Lipinski definition) is 2. The van der Waals surface area contributed by atoms with E-state index in [4.69, 9.17) is 5.73 Å². The van der Waals surface area contributed by atoms with Crippen molar-refractivity contribution in [2.24, 2.45) is 0 Å². The van der Waals surface area contributed by atoms with Crippen LogP contribution in [0.25, 0.3) is 0 Å². The van der Waals surface area contributed by atoms with E-state index in [9.17, 15) is 13.6 Å². The number of carbonyl (C=O) groups is 1. The van der Waals surface area contributed by atoms with E-state index in [1.807, 2.05) is 0 Å². The molecule has 6 heteroatoms. The van der Waals surface area contributed by atoms with Gasteiger partial charge in [-0.1, -0.05) is 25.0 Å². The number of halogens is 3. The Morgan fingerprint density at radius 2 is 1.68 bits per heavy atom. The highest BCUT2D eigenvalue weighted by molar-refractivity contribution is 5.95. The van der Waals surface area contributed by atoms with Crippen LogP contribution in [0.15, 0.2) is 42.5 Å². The molecule has 2 aromatic carbocycles. The van der Waals surface area contributed by atoms with E-state index in [2.05, 4.69) is 0 Å². The van der Waals surface area contributed by atoms with Crippen LogP contribution in [0.5, 0.6) is 0 Å². The van der Waals surface area contributed by atoms with Crippen LogP contribution in [-0.2, 0) is 6.54 Å². The minimum Gasteiger partial charge on any atom is -0.399 e. The predicted octanol–water partition coefficient (Wildman–Crippen LogP) is 4.55. The van der Waals surface area contributed by atoms with Gasteiger partial charge in [-0.05, 0) is 43.2 Å². The van der Waals surface area contributed by atoms with Crippen LogP contribution in [0.3, 0.4) is 0 Å². The molecule has 1 amide bonds. The van der Waals surface area contributed by atoms with Crippen molar-refractivity contribution in [1.29, 1.82) is 0 Å². The zero-order chi connectivity index (χ0) is 17.1. The Hall–Kier alpha value is -2.14. The lowest BCUT2D eigenvalue weighted by atomic mass is 10.1. The van der Waals surface area contributed by atoms with Crippen LogP contribution in [0.2, 0.25) is 0 Å². The monoisotopic (exact) mass is 366 g/mol. The van der Waals surface area contributed by atoms with Gasteiger partial charge in [0.05, 0.1) is 6.54 Å². The molecule has 1 saturated carbocycles. The smallest absolute Gasteiger partial charge is 0.254 e. The molecule has 134 valence electrons. The van der Waals surface area contributed by atoms with Crippen molar-refractivity contribution in [1.82, 2.24) is 4.90 Å². The molecule has 0 atom stereocenters. The standard InChI is InChI=1S/C19H20F2N2O.ClH/c20-17-9-4-10-18(21)16(17)12-23(15-7-1-2-8-15)19(24)13-5-3-6-14(22)11-13;/h3-6,9-11,15H,1-2,7-8,12,22H2;1H. The van der Waals surface area contributed by atoms with Crippen molar-refractivity contribution >= 4 is 24.0 Å². The second-order valence-electron chi connectivity index (χ2n) is 6.20. The van der Waals surface area contributed by atoms with Crippen molar-refractivity contribution < 1.29 is 13.6 Å². The van der Waals surface area contributed by atoms with Crippen LogP contribution >= 0.6 is 12.4 Å². The molecule has 0 bridgehead atoms. The Kier molecular flexibility index (Phi) is 6.37. The van der Waals surface area contributed by atoms with E-state index >= 15 is 0 Å². The highest BCUT2D eigenvalue weighted by Crippen LogP contribution is 2.28. The molecule has 0 aliphatic heterocycles. The van der Waals surface area contributed by atoms with Gasteiger partial charge in [-0.25, -0.2) is 8.78 Å². The first kappa shape index (κ1) is 19.2. The number of nitrogen functional groups attached to an aromatic ring is 1. The average Bonchev–Trinajstić information content (AvgIpc) is 3.08. The summed E-state index contributed by atoms with van der Waals surface area (Å²) in [4.78, 5) is 14.5. The van der Waals surface area contributed by atoms with Gasteiger partial charge in [-0.3, -0.25) is 4.79 Å². The quantitative estimate of drug-likeness (QED) is 0.806. The summed E-state index contributed by atoms with van der Waals surface area (Å²) in [6, 6.07) is 10.4. The lowest BCUT2D eigenvalue weighted by Crippen LogP contribution is -2.38. The minimum absolute atomic E-state index is 0. The Morgan fingerprint density at radius 3 is 2.28 bits per heavy atom. The number of benzene rings is 2. The SMILES string of the molecule is Cl.Nc1cccc(C(=O)N(Cc2c(F)cccc2F)C2CCCC2)c1. The molecule has 3 nitrogen and oxygen atoms in total. The maximum atomic E-state index is 14.0. The number of carbonyl (C=O) groups excluding carboxylic acids is 1. The first-order valence-electron chi connectivity index (χ1n) is 8.15. The van der Waals surface area contributed by atoms with Crippen molar-refractivity contribution in [3.05, 3.63) is 65.2 Å². The van der Waals surface area contributed by atoms with E-state index in [-0.39, 0.29) is 36.5 Å². The molecule has 0 heterocycles. The fourth-order valence-corrected chi connectivity index (χ4v) is 3.27. The fourth-order valence-electron chi connectivity index (χ4n) is 3.27. The van der Waals surface area contributed by atoms with E-state index in [1.54, 1.807) is 29.2 Å². The molecule has 1 aliphatic rings. The molecule has 2 aromatic rings. The van der Waals surface area contributed by atoms with Gasteiger partial charge in [0.1, 0.15) is 11.6 Å². The maximum Gasteiger partial charge on any atom is 0.254 e. The van der Waals surface area contributed by atoms with Crippen molar-refractivity contribution in [2.75, 3.05) is 5.73 Å². The molecule has 0 radical (unpaired) electrons. The summed E-state index contributed by atoms with van der Waals surface area (Å²) in [5.41, 5.74) is 6.63. The van der Waals surface area contributed by atoms with Gasteiger partial charge in [-0.15, -0.1) is 12.4 Å². The molecule has 0 aromatic heterocycles. The molecule has 0 spiro atoms. The van der Waals surface area contributed by atoms with Crippen molar-refractivity contribution in [3.63, 3.8) is 0 Å². The Morgan fingerprint density at radius 1 is 1.08 bits per heavy atom. The maximum absolute atomic E-state index is 14.0. The number of amides is 1. The Balaban J connectivity index is 0.00000225. The molecule has 3 rings (SSSR count). The molecule has 1 fully saturated rings.